The first-order valence-corrected chi connectivity index (χ1v) is 9.26. The van der Waals surface area contributed by atoms with E-state index in [1.165, 1.54) is 4.88 Å². The molecule has 0 radical (unpaired) electrons. The molecule has 1 aromatic carbocycles. The average Bonchev–Trinajstić information content (AvgIpc) is 3.14. The van der Waals surface area contributed by atoms with Crippen LogP contribution in [0.2, 0.25) is 5.02 Å². The molecular formula is C14H11BrClN3OS2. The summed E-state index contributed by atoms with van der Waals surface area (Å²) < 4.78 is 6.47. The van der Waals surface area contributed by atoms with Crippen LogP contribution in [0.1, 0.15) is 4.88 Å². The number of thioether (sulfide) groups is 1. The molecule has 0 amide bonds. The average molecular weight is 417 g/mol. The van der Waals surface area contributed by atoms with Crippen molar-refractivity contribution in [3.63, 3.8) is 0 Å². The van der Waals surface area contributed by atoms with Gasteiger partial charge in [0.15, 0.2) is 5.82 Å². The fourth-order valence-corrected chi connectivity index (χ4v) is 4.36. The second-order valence-corrected chi connectivity index (χ2v) is 8.23. The highest BCUT2D eigenvalue weighted by Crippen LogP contribution is 2.32. The Balaban J connectivity index is 1.77. The molecule has 2 aromatic heterocycles. The zero-order valence-corrected chi connectivity index (χ0v) is 15.4. The van der Waals surface area contributed by atoms with Gasteiger partial charge in [-0.05, 0) is 46.3 Å². The van der Waals surface area contributed by atoms with Gasteiger partial charge in [0, 0.05) is 15.7 Å². The van der Waals surface area contributed by atoms with Crippen molar-refractivity contribution in [2.24, 2.45) is 0 Å². The molecule has 8 heteroatoms. The summed E-state index contributed by atoms with van der Waals surface area (Å²) >= 11 is 12.8. The molecule has 2 heterocycles. The first-order chi connectivity index (χ1) is 10.7. The maximum Gasteiger partial charge on any atom is 0.209 e. The number of H-pyrrole nitrogens is 1. The van der Waals surface area contributed by atoms with Crippen LogP contribution < -0.4 is 4.74 Å². The maximum absolute atomic E-state index is 6.05. The lowest BCUT2D eigenvalue weighted by atomic mass is 10.2. The lowest BCUT2D eigenvalue weighted by Gasteiger charge is -2.05. The number of nitrogens with one attached hydrogen (secondary N) is 1. The number of benzene rings is 1. The molecule has 0 fully saturated rings. The monoisotopic (exact) mass is 415 g/mol. The largest absolute Gasteiger partial charge is 0.496 e. The van der Waals surface area contributed by atoms with Crippen LogP contribution in [0.25, 0.3) is 11.4 Å². The molecule has 0 saturated heterocycles. The summed E-state index contributed by atoms with van der Waals surface area (Å²) in [5.41, 5.74) is 0.799. The predicted octanol–water partition coefficient (Wildman–Crippen LogP) is 5.25. The number of methoxy groups -OCH3 is 1. The van der Waals surface area contributed by atoms with E-state index in [-0.39, 0.29) is 0 Å². The molecule has 0 bridgehead atoms. The molecule has 0 aliphatic carbocycles. The second-order valence-electron chi connectivity index (χ2n) is 4.31. The molecule has 1 N–H and O–H groups in total. The Labute approximate surface area is 149 Å². The van der Waals surface area contributed by atoms with E-state index in [2.05, 4.69) is 37.2 Å². The van der Waals surface area contributed by atoms with Gasteiger partial charge >= 0.3 is 0 Å². The van der Waals surface area contributed by atoms with Crippen molar-refractivity contribution in [3.05, 3.63) is 44.0 Å². The van der Waals surface area contributed by atoms with Gasteiger partial charge in [-0.2, -0.15) is 0 Å². The fraction of sp³-hybridized carbons (Fsp3) is 0.143. The van der Waals surface area contributed by atoms with Gasteiger partial charge in [0.2, 0.25) is 5.16 Å². The maximum atomic E-state index is 6.05. The van der Waals surface area contributed by atoms with Crippen LogP contribution in [-0.4, -0.2) is 22.3 Å². The van der Waals surface area contributed by atoms with Gasteiger partial charge in [-0.1, -0.05) is 23.4 Å². The minimum atomic E-state index is 0.629. The highest BCUT2D eigenvalue weighted by atomic mass is 79.9. The van der Waals surface area contributed by atoms with Crippen LogP contribution in [0.5, 0.6) is 5.75 Å². The molecule has 114 valence electrons. The van der Waals surface area contributed by atoms with Gasteiger partial charge in [0.05, 0.1) is 16.5 Å². The van der Waals surface area contributed by atoms with E-state index >= 15 is 0 Å². The quantitative estimate of drug-likeness (QED) is 0.577. The predicted molar refractivity (Wildman–Crippen MR) is 95.0 cm³/mol. The third-order valence-electron chi connectivity index (χ3n) is 2.85. The van der Waals surface area contributed by atoms with Crippen LogP contribution >= 0.6 is 50.6 Å². The Morgan fingerprint density at radius 1 is 1.36 bits per heavy atom. The van der Waals surface area contributed by atoms with Gasteiger partial charge in [-0.15, -0.1) is 16.4 Å². The van der Waals surface area contributed by atoms with Gasteiger partial charge < -0.3 is 4.74 Å². The van der Waals surface area contributed by atoms with Crippen molar-refractivity contribution in [1.29, 1.82) is 0 Å². The Hall–Kier alpha value is -1.02. The standard InChI is InChI=1S/C14H11BrClN3OS2/c1-20-11-4-2-8(16)6-10(11)13-17-14(19-18-13)21-7-9-3-5-12(15)22-9/h2-6H,7H2,1H3,(H,17,18,19). The smallest absolute Gasteiger partial charge is 0.209 e. The van der Waals surface area contributed by atoms with Crippen LogP contribution in [-0.2, 0) is 5.75 Å². The fourth-order valence-electron chi connectivity index (χ4n) is 1.86. The van der Waals surface area contributed by atoms with E-state index < -0.39 is 0 Å². The molecule has 0 aliphatic heterocycles. The van der Waals surface area contributed by atoms with Gasteiger partial charge in [-0.25, -0.2) is 4.98 Å². The SMILES string of the molecule is COc1ccc(Cl)cc1-c1nc(SCc2ccc(Br)s2)n[nH]1. The molecule has 0 unspecified atom stereocenters. The van der Waals surface area contributed by atoms with Crippen molar-refractivity contribution in [1.82, 2.24) is 15.2 Å². The third-order valence-corrected chi connectivity index (χ3v) is 5.79. The van der Waals surface area contributed by atoms with Crippen LogP contribution in [0, 0.1) is 0 Å². The van der Waals surface area contributed by atoms with Crippen LogP contribution in [0.4, 0.5) is 0 Å². The third kappa shape index (κ3) is 3.65. The van der Waals surface area contributed by atoms with Crippen LogP contribution in [0.3, 0.4) is 0 Å². The zero-order valence-electron chi connectivity index (χ0n) is 11.5. The Bertz CT molecular complexity index is 790. The topological polar surface area (TPSA) is 50.8 Å². The summed E-state index contributed by atoms with van der Waals surface area (Å²) in [5, 5.41) is 8.51. The molecule has 0 saturated carbocycles. The highest BCUT2D eigenvalue weighted by Gasteiger charge is 2.12. The minimum Gasteiger partial charge on any atom is -0.496 e. The van der Waals surface area contributed by atoms with Gasteiger partial charge in [0.1, 0.15) is 5.75 Å². The van der Waals surface area contributed by atoms with Crippen molar-refractivity contribution in [2.45, 2.75) is 10.9 Å². The lowest BCUT2D eigenvalue weighted by molar-refractivity contribution is 0.416. The number of hydrogen-bond acceptors (Lipinski definition) is 5. The van der Waals surface area contributed by atoms with E-state index in [0.717, 1.165) is 15.1 Å². The molecule has 3 rings (SSSR count). The second kappa shape index (κ2) is 7.04. The first-order valence-electron chi connectivity index (χ1n) is 6.29. The molecule has 0 atom stereocenters. The Kier molecular flexibility index (Phi) is 5.07. The first kappa shape index (κ1) is 15.9. The number of ether oxygens (including phenoxy) is 1. The normalized spacial score (nSPS) is 10.9. The zero-order chi connectivity index (χ0) is 15.5. The van der Waals surface area contributed by atoms with E-state index in [0.29, 0.717) is 21.8 Å². The Morgan fingerprint density at radius 3 is 2.95 bits per heavy atom. The molecule has 4 nitrogen and oxygen atoms in total. The Morgan fingerprint density at radius 2 is 2.23 bits per heavy atom. The van der Waals surface area contributed by atoms with Gasteiger partial charge in [-0.3, -0.25) is 5.10 Å². The lowest BCUT2D eigenvalue weighted by Crippen LogP contribution is -1.89. The summed E-state index contributed by atoms with van der Waals surface area (Å²) in [7, 11) is 1.62. The summed E-state index contributed by atoms with van der Waals surface area (Å²) in [4.78, 5) is 5.77. The molecule has 3 aromatic rings. The van der Waals surface area contributed by atoms with Crippen molar-refractivity contribution >= 4 is 50.6 Å². The van der Waals surface area contributed by atoms with E-state index in [1.807, 2.05) is 18.2 Å². The minimum absolute atomic E-state index is 0.629. The van der Waals surface area contributed by atoms with E-state index in [1.54, 1.807) is 36.3 Å². The summed E-state index contributed by atoms with van der Waals surface area (Å²) in [6.07, 6.45) is 0. The van der Waals surface area contributed by atoms with Gasteiger partial charge in [0.25, 0.3) is 0 Å². The number of halogens is 2. The number of nitrogens with zero attached hydrogens (tertiary/aromatic N) is 2. The van der Waals surface area contributed by atoms with Crippen molar-refractivity contribution < 1.29 is 4.74 Å². The number of hydrogen-bond donors (Lipinski definition) is 1. The van der Waals surface area contributed by atoms with Crippen molar-refractivity contribution in [2.75, 3.05) is 7.11 Å². The molecular weight excluding hydrogens is 406 g/mol. The van der Waals surface area contributed by atoms with E-state index in [4.69, 9.17) is 16.3 Å². The number of aromatic nitrogens is 3. The number of aromatic amines is 1. The summed E-state index contributed by atoms with van der Waals surface area (Å²) in [6.45, 7) is 0. The summed E-state index contributed by atoms with van der Waals surface area (Å²) in [6, 6.07) is 9.54. The van der Waals surface area contributed by atoms with Crippen molar-refractivity contribution in [3.8, 4) is 17.1 Å². The highest BCUT2D eigenvalue weighted by molar-refractivity contribution is 9.11. The van der Waals surface area contributed by atoms with E-state index in [9.17, 15) is 0 Å². The number of rotatable bonds is 5. The van der Waals surface area contributed by atoms with Crippen LogP contribution in [0.15, 0.2) is 39.3 Å². The molecule has 22 heavy (non-hydrogen) atoms. The molecule has 0 aliphatic rings. The number of thiophene rings is 1. The summed E-state index contributed by atoms with van der Waals surface area (Å²) in [5.74, 6) is 2.19. The molecule has 0 spiro atoms.